The van der Waals surface area contributed by atoms with Gasteiger partial charge in [-0.2, -0.15) is 0 Å². The third-order valence-electron chi connectivity index (χ3n) is 4.16. The molecule has 1 unspecified atom stereocenters. The lowest BCUT2D eigenvalue weighted by Gasteiger charge is -2.36. The predicted molar refractivity (Wildman–Crippen MR) is 75.8 cm³/mol. The van der Waals surface area contributed by atoms with Crippen LogP contribution in [-0.4, -0.2) is 49.3 Å². The molecule has 2 aliphatic rings. The molecule has 2 heterocycles. The summed E-state index contributed by atoms with van der Waals surface area (Å²) in [6, 6.07) is 7.76. The first-order chi connectivity index (χ1) is 9.66. The van der Waals surface area contributed by atoms with Crippen LogP contribution in [-0.2, 0) is 15.9 Å². The molecule has 0 spiro atoms. The summed E-state index contributed by atoms with van der Waals surface area (Å²) in [5.74, 6) is -0.186. The van der Waals surface area contributed by atoms with Crippen molar-refractivity contribution in [1.29, 1.82) is 0 Å². The second-order valence-electron chi connectivity index (χ2n) is 5.89. The summed E-state index contributed by atoms with van der Waals surface area (Å²) in [7, 11) is 0. The number of fused-ring (bicyclic) bond motifs is 1. The van der Waals surface area contributed by atoms with E-state index in [4.69, 9.17) is 9.47 Å². The van der Waals surface area contributed by atoms with E-state index in [2.05, 4.69) is 4.90 Å². The summed E-state index contributed by atoms with van der Waals surface area (Å²) in [6.45, 7) is 6.21. The van der Waals surface area contributed by atoms with Gasteiger partial charge in [0.15, 0.2) is 0 Å². The normalized spacial score (nSPS) is 27.6. The Morgan fingerprint density at radius 3 is 2.80 bits per heavy atom. The van der Waals surface area contributed by atoms with Crippen molar-refractivity contribution < 1.29 is 14.3 Å². The van der Waals surface area contributed by atoms with Crippen molar-refractivity contribution in [1.82, 2.24) is 4.90 Å². The number of rotatable bonds is 2. The van der Waals surface area contributed by atoms with Crippen LogP contribution in [0.25, 0.3) is 0 Å². The second-order valence-corrected chi connectivity index (χ2v) is 5.89. The van der Waals surface area contributed by atoms with Crippen molar-refractivity contribution in [2.75, 3.05) is 32.8 Å². The smallest absolute Gasteiger partial charge is 0.338 e. The Morgan fingerprint density at radius 2 is 2.00 bits per heavy atom. The van der Waals surface area contributed by atoms with Crippen LogP contribution in [0.5, 0.6) is 0 Å². The van der Waals surface area contributed by atoms with E-state index in [0.29, 0.717) is 0 Å². The van der Waals surface area contributed by atoms with Crippen molar-refractivity contribution in [3.05, 3.63) is 35.4 Å². The van der Waals surface area contributed by atoms with Crippen molar-refractivity contribution in [3.63, 3.8) is 0 Å². The lowest BCUT2D eigenvalue weighted by atomic mass is 9.95. The Hall–Kier alpha value is -1.39. The fourth-order valence-corrected chi connectivity index (χ4v) is 3.01. The topological polar surface area (TPSA) is 38.8 Å². The number of aryl methyl sites for hydroxylation is 1. The molecule has 3 rings (SSSR count). The van der Waals surface area contributed by atoms with E-state index in [9.17, 15) is 4.79 Å². The molecule has 1 atom stereocenters. The molecule has 4 heteroatoms. The first kappa shape index (κ1) is 13.6. The van der Waals surface area contributed by atoms with E-state index in [1.807, 2.05) is 31.2 Å². The average molecular weight is 275 g/mol. The highest BCUT2D eigenvalue weighted by molar-refractivity contribution is 5.91. The van der Waals surface area contributed by atoms with Gasteiger partial charge in [0.05, 0.1) is 18.8 Å². The molecule has 1 aromatic carbocycles. The molecule has 0 aromatic heterocycles. The molecule has 0 radical (unpaired) electrons. The standard InChI is InChI=1S/C16H21NO3/c1-16(12-17-8-10-19-11-9-17)7-6-13-4-2-3-5-14(13)15(18)20-16/h2-5H,6-12H2,1H3. The summed E-state index contributed by atoms with van der Waals surface area (Å²) >= 11 is 0. The molecule has 0 saturated carbocycles. The zero-order valence-corrected chi connectivity index (χ0v) is 11.9. The highest BCUT2D eigenvalue weighted by Crippen LogP contribution is 2.28. The van der Waals surface area contributed by atoms with E-state index in [1.54, 1.807) is 0 Å². The maximum absolute atomic E-state index is 12.3. The second kappa shape index (κ2) is 5.54. The number of carbonyl (C=O) groups excluding carboxylic acids is 1. The number of esters is 1. The summed E-state index contributed by atoms with van der Waals surface area (Å²) in [6.07, 6.45) is 1.76. The number of benzene rings is 1. The number of hydrogen-bond acceptors (Lipinski definition) is 4. The summed E-state index contributed by atoms with van der Waals surface area (Å²) < 4.78 is 11.2. The van der Waals surface area contributed by atoms with Gasteiger partial charge in [-0.05, 0) is 31.4 Å². The Labute approximate surface area is 119 Å². The van der Waals surface area contributed by atoms with Gasteiger partial charge in [0.1, 0.15) is 5.60 Å². The highest BCUT2D eigenvalue weighted by atomic mass is 16.6. The van der Waals surface area contributed by atoms with Crippen molar-refractivity contribution >= 4 is 5.97 Å². The van der Waals surface area contributed by atoms with Crippen LogP contribution in [0.4, 0.5) is 0 Å². The zero-order valence-electron chi connectivity index (χ0n) is 11.9. The Bertz CT molecular complexity index is 496. The SMILES string of the molecule is CC1(CN2CCOCC2)CCc2ccccc2C(=O)O1. The quantitative estimate of drug-likeness (QED) is 0.773. The molecule has 0 amide bonds. The van der Waals surface area contributed by atoms with Gasteiger partial charge in [-0.1, -0.05) is 18.2 Å². The molecule has 0 aliphatic carbocycles. The predicted octanol–water partition coefficient (Wildman–Crippen LogP) is 1.88. The number of hydrogen-bond donors (Lipinski definition) is 0. The maximum Gasteiger partial charge on any atom is 0.338 e. The molecule has 4 nitrogen and oxygen atoms in total. The lowest BCUT2D eigenvalue weighted by molar-refractivity contribution is -0.0455. The van der Waals surface area contributed by atoms with Gasteiger partial charge in [0, 0.05) is 19.6 Å². The van der Waals surface area contributed by atoms with Crippen molar-refractivity contribution in [2.24, 2.45) is 0 Å². The minimum Gasteiger partial charge on any atom is -0.454 e. The van der Waals surface area contributed by atoms with Crippen LogP contribution in [0.2, 0.25) is 0 Å². The van der Waals surface area contributed by atoms with Crippen molar-refractivity contribution in [3.8, 4) is 0 Å². The zero-order chi connectivity index (χ0) is 14.0. The Balaban J connectivity index is 1.74. The van der Waals surface area contributed by atoms with E-state index >= 15 is 0 Å². The van der Waals surface area contributed by atoms with Crippen LogP contribution < -0.4 is 0 Å². The van der Waals surface area contributed by atoms with E-state index in [1.165, 1.54) is 0 Å². The van der Waals surface area contributed by atoms with Crippen LogP contribution in [0, 0.1) is 0 Å². The molecule has 1 aromatic rings. The van der Waals surface area contributed by atoms with Crippen LogP contribution in [0.15, 0.2) is 24.3 Å². The number of morpholine rings is 1. The first-order valence-corrected chi connectivity index (χ1v) is 7.28. The van der Waals surface area contributed by atoms with E-state index in [0.717, 1.165) is 56.8 Å². The summed E-state index contributed by atoms with van der Waals surface area (Å²) in [5, 5.41) is 0. The van der Waals surface area contributed by atoms with Crippen LogP contribution in [0.1, 0.15) is 29.3 Å². The summed E-state index contributed by atoms with van der Waals surface area (Å²) in [5.41, 5.74) is 1.41. The molecule has 1 saturated heterocycles. The monoisotopic (exact) mass is 275 g/mol. The number of nitrogens with zero attached hydrogens (tertiary/aromatic N) is 1. The van der Waals surface area contributed by atoms with Gasteiger partial charge in [-0.15, -0.1) is 0 Å². The van der Waals surface area contributed by atoms with Gasteiger partial charge < -0.3 is 9.47 Å². The minimum absolute atomic E-state index is 0.186. The number of carbonyl (C=O) groups is 1. The average Bonchev–Trinajstić information content (AvgIpc) is 2.58. The molecular weight excluding hydrogens is 254 g/mol. The van der Waals surface area contributed by atoms with Crippen LogP contribution >= 0.6 is 0 Å². The summed E-state index contributed by atoms with van der Waals surface area (Å²) in [4.78, 5) is 14.6. The fourth-order valence-electron chi connectivity index (χ4n) is 3.01. The molecule has 108 valence electrons. The van der Waals surface area contributed by atoms with E-state index < -0.39 is 5.60 Å². The van der Waals surface area contributed by atoms with Crippen LogP contribution in [0.3, 0.4) is 0 Å². The number of ether oxygens (including phenoxy) is 2. The van der Waals surface area contributed by atoms with Gasteiger partial charge in [0.25, 0.3) is 0 Å². The van der Waals surface area contributed by atoms with Gasteiger partial charge in [-0.3, -0.25) is 4.90 Å². The van der Waals surface area contributed by atoms with Gasteiger partial charge in [0.2, 0.25) is 0 Å². The Kier molecular flexibility index (Phi) is 3.76. The Morgan fingerprint density at radius 1 is 1.25 bits per heavy atom. The molecule has 0 N–H and O–H groups in total. The molecule has 2 aliphatic heterocycles. The minimum atomic E-state index is -0.409. The van der Waals surface area contributed by atoms with Crippen molar-refractivity contribution in [2.45, 2.75) is 25.4 Å². The molecule has 20 heavy (non-hydrogen) atoms. The highest BCUT2D eigenvalue weighted by Gasteiger charge is 2.35. The fraction of sp³-hybridized carbons (Fsp3) is 0.562. The third-order valence-corrected chi connectivity index (χ3v) is 4.16. The maximum atomic E-state index is 12.3. The van der Waals surface area contributed by atoms with Gasteiger partial charge >= 0.3 is 5.97 Å². The van der Waals surface area contributed by atoms with E-state index in [-0.39, 0.29) is 5.97 Å². The number of cyclic esters (lactones) is 1. The lowest BCUT2D eigenvalue weighted by Crippen LogP contribution is -2.47. The molecule has 0 bridgehead atoms. The molecule has 1 fully saturated rings. The first-order valence-electron chi connectivity index (χ1n) is 7.28. The third kappa shape index (κ3) is 2.86. The molecular formula is C16H21NO3. The largest absolute Gasteiger partial charge is 0.454 e. The van der Waals surface area contributed by atoms with Gasteiger partial charge in [-0.25, -0.2) is 4.79 Å².